The Morgan fingerprint density at radius 1 is 1.05 bits per heavy atom. The van der Waals surface area contributed by atoms with Crippen molar-refractivity contribution in [1.29, 1.82) is 0 Å². The lowest BCUT2D eigenvalue weighted by molar-refractivity contribution is 0.0297. The van der Waals surface area contributed by atoms with Gasteiger partial charge in [0.05, 0.1) is 24.1 Å². The molecule has 2 saturated heterocycles. The van der Waals surface area contributed by atoms with Gasteiger partial charge in [-0.25, -0.2) is 14.8 Å². The lowest BCUT2D eigenvalue weighted by atomic mass is 9.84. The quantitative estimate of drug-likeness (QED) is 0.456. The van der Waals surface area contributed by atoms with Crippen LogP contribution in [-0.2, 0) is 11.3 Å². The minimum atomic E-state index is -0.306. The van der Waals surface area contributed by atoms with Crippen molar-refractivity contribution >= 4 is 29.3 Å². The number of likely N-dealkylation sites (tertiary alicyclic amines) is 1. The van der Waals surface area contributed by atoms with Crippen molar-refractivity contribution in [3.63, 3.8) is 0 Å². The van der Waals surface area contributed by atoms with Gasteiger partial charge >= 0.3 is 5.97 Å². The second kappa shape index (κ2) is 13.5. The van der Waals surface area contributed by atoms with E-state index in [1.54, 1.807) is 12.3 Å². The van der Waals surface area contributed by atoms with Gasteiger partial charge in [-0.15, -0.1) is 0 Å². The summed E-state index contributed by atoms with van der Waals surface area (Å²) in [6, 6.07) is 7.02. The van der Waals surface area contributed by atoms with Gasteiger partial charge < -0.3 is 15.0 Å². The van der Waals surface area contributed by atoms with Crippen LogP contribution in [0.15, 0.2) is 24.4 Å². The fraction of sp³-hybridized carbons (Fsp3) is 0.613. The average Bonchev–Trinajstić information content (AvgIpc) is 2.98. The monoisotopic (exact) mass is 582 g/mol. The smallest absolute Gasteiger partial charge is 0.338 e. The third kappa shape index (κ3) is 6.68. The second-order valence-corrected chi connectivity index (χ2v) is 11.8. The number of piperidine rings is 1. The normalized spacial score (nSPS) is 22.3. The highest BCUT2D eigenvalue weighted by molar-refractivity contribution is 6.31. The maximum atomic E-state index is 12.5. The molecule has 1 aliphatic carbocycles. The van der Waals surface area contributed by atoms with E-state index in [2.05, 4.69) is 25.0 Å². The molecule has 0 radical (unpaired) electrons. The molecule has 1 aromatic heterocycles. The Balaban J connectivity index is 1.23. The van der Waals surface area contributed by atoms with Gasteiger partial charge in [-0.2, -0.15) is 0 Å². The summed E-state index contributed by atoms with van der Waals surface area (Å²) in [5.41, 5.74) is 2.75. The number of esters is 1. The van der Waals surface area contributed by atoms with Crippen LogP contribution < -0.4 is 10.2 Å². The Labute approximate surface area is 248 Å². The van der Waals surface area contributed by atoms with Crippen LogP contribution in [0.4, 0.5) is 5.82 Å². The number of anilines is 1. The number of aryl methyl sites for hydroxylation is 1. The Morgan fingerprint density at radius 2 is 1.80 bits per heavy atom. The molecule has 5 rings (SSSR count). The number of rotatable bonds is 8. The fourth-order valence-corrected chi connectivity index (χ4v) is 7.14. The average molecular weight is 583 g/mol. The van der Waals surface area contributed by atoms with E-state index in [-0.39, 0.29) is 11.9 Å². The van der Waals surface area contributed by atoms with Gasteiger partial charge in [0.1, 0.15) is 11.5 Å². The van der Waals surface area contributed by atoms with Crippen LogP contribution in [0, 0.1) is 6.92 Å². The number of piperazine rings is 1. The molecule has 222 valence electrons. The molecule has 0 bridgehead atoms. The SMILES string of the molecule is CCNC(=O)c1cnc(N2CCN(C3CCN(Cc4ccc(Cl)cc4C(=O)OCC)CC3)[C@@H]3CCCC[C@@H]32)c(C)n1. The molecule has 3 heterocycles. The number of nitrogens with one attached hydrogen (secondary N) is 1. The number of carbonyl (C=O) groups excluding carboxylic acids is 2. The zero-order chi connectivity index (χ0) is 28.9. The molecule has 41 heavy (non-hydrogen) atoms. The van der Waals surface area contributed by atoms with Crippen molar-refractivity contribution in [2.45, 2.75) is 84.0 Å². The first-order valence-corrected chi connectivity index (χ1v) is 15.6. The minimum absolute atomic E-state index is 0.172. The maximum absolute atomic E-state index is 12.5. The molecule has 3 aliphatic rings. The fourth-order valence-electron chi connectivity index (χ4n) is 6.97. The number of halogens is 1. The Hall–Kier alpha value is -2.75. The summed E-state index contributed by atoms with van der Waals surface area (Å²) in [6.07, 6.45) is 8.72. The van der Waals surface area contributed by atoms with Crippen molar-refractivity contribution < 1.29 is 14.3 Å². The molecule has 10 heteroatoms. The van der Waals surface area contributed by atoms with Crippen LogP contribution in [0.5, 0.6) is 0 Å². The third-order valence-corrected chi connectivity index (χ3v) is 9.10. The number of amides is 1. The molecule has 9 nitrogen and oxygen atoms in total. The van der Waals surface area contributed by atoms with E-state index < -0.39 is 0 Å². The zero-order valence-electron chi connectivity index (χ0n) is 24.6. The number of benzene rings is 1. The van der Waals surface area contributed by atoms with Gasteiger partial charge in [-0.05, 0) is 77.2 Å². The second-order valence-electron chi connectivity index (χ2n) is 11.4. The maximum Gasteiger partial charge on any atom is 0.338 e. The summed E-state index contributed by atoms with van der Waals surface area (Å²) < 4.78 is 5.28. The van der Waals surface area contributed by atoms with Crippen LogP contribution in [0.2, 0.25) is 5.02 Å². The van der Waals surface area contributed by atoms with Gasteiger partial charge in [0.2, 0.25) is 0 Å². The first kappa shape index (κ1) is 29.7. The summed E-state index contributed by atoms with van der Waals surface area (Å²) in [4.78, 5) is 41.9. The highest BCUT2D eigenvalue weighted by atomic mass is 35.5. The molecule has 2 atom stereocenters. The molecule has 3 fully saturated rings. The van der Waals surface area contributed by atoms with Gasteiger partial charge in [0.15, 0.2) is 0 Å². The molecule has 0 unspecified atom stereocenters. The Morgan fingerprint density at radius 3 is 2.51 bits per heavy atom. The van der Waals surface area contributed by atoms with E-state index in [0.29, 0.717) is 47.6 Å². The highest BCUT2D eigenvalue weighted by Crippen LogP contribution is 2.36. The van der Waals surface area contributed by atoms with E-state index in [1.807, 2.05) is 32.9 Å². The van der Waals surface area contributed by atoms with Crippen LogP contribution in [0.3, 0.4) is 0 Å². The molecule has 0 spiro atoms. The van der Waals surface area contributed by atoms with Crippen LogP contribution in [-0.4, -0.2) is 89.1 Å². The third-order valence-electron chi connectivity index (χ3n) is 8.87. The lowest BCUT2D eigenvalue weighted by Crippen LogP contribution is -2.64. The largest absolute Gasteiger partial charge is 0.462 e. The van der Waals surface area contributed by atoms with Crippen LogP contribution >= 0.6 is 11.6 Å². The minimum Gasteiger partial charge on any atom is -0.462 e. The summed E-state index contributed by atoms with van der Waals surface area (Å²) in [7, 11) is 0. The van der Waals surface area contributed by atoms with E-state index in [4.69, 9.17) is 21.3 Å². The van der Waals surface area contributed by atoms with Crippen LogP contribution in [0.1, 0.15) is 84.5 Å². The predicted molar refractivity (Wildman–Crippen MR) is 161 cm³/mol. The predicted octanol–water partition coefficient (Wildman–Crippen LogP) is 4.46. The zero-order valence-corrected chi connectivity index (χ0v) is 25.3. The number of carbonyl (C=O) groups is 2. The Kier molecular flexibility index (Phi) is 9.78. The molecule has 1 N–H and O–H groups in total. The molecule has 1 aromatic carbocycles. The standard InChI is InChI=1S/C31H43ClN6O3/c1-4-33-30(39)26-19-34-29(21(3)35-26)38-17-16-37(27-8-6-7-9-28(27)38)24-12-14-36(15-13-24)20-22-10-11-23(32)18-25(22)31(40)41-5-2/h10-11,18-19,24,27-28H,4-9,12-17,20H2,1-3H3,(H,33,39)/t27-,28+/m1/s1. The number of fused-ring (bicyclic) bond motifs is 1. The summed E-state index contributed by atoms with van der Waals surface area (Å²) in [5.74, 6) is 0.444. The van der Waals surface area contributed by atoms with Crippen molar-refractivity contribution in [1.82, 2.24) is 25.1 Å². The lowest BCUT2D eigenvalue weighted by Gasteiger charge is -2.54. The highest BCUT2D eigenvalue weighted by Gasteiger charge is 2.42. The first-order valence-electron chi connectivity index (χ1n) is 15.2. The van der Waals surface area contributed by atoms with Gasteiger partial charge in [0.25, 0.3) is 5.91 Å². The number of hydrogen-bond donors (Lipinski definition) is 1. The Bertz CT molecular complexity index is 1230. The molecular weight excluding hydrogens is 540 g/mol. The van der Waals surface area contributed by atoms with Crippen molar-refractivity contribution in [3.8, 4) is 0 Å². The topological polar surface area (TPSA) is 90.9 Å². The van der Waals surface area contributed by atoms with Crippen molar-refractivity contribution in [2.75, 3.05) is 44.2 Å². The van der Waals surface area contributed by atoms with Crippen molar-refractivity contribution in [2.24, 2.45) is 0 Å². The molecule has 1 saturated carbocycles. The summed E-state index contributed by atoms with van der Waals surface area (Å²) in [6.45, 7) is 11.3. The number of aromatic nitrogens is 2. The van der Waals surface area contributed by atoms with Crippen molar-refractivity contribution in [3.05, 3.63) is 51.9 Å². The van der Waals surface area contributed by atoms with E-state index >= 15 is 0 Å². The van der Waals surface area contributed by atoms with Gasteiger partial charge in [0, 0.05) is 49.3 Å². The number of ether oxygens (including phenoxy) is 1. The molecule has 1 amide bonds. The van der Waals surface area contributed by atoms with Crippen LogP contribution in [0.25, 0.3) is 0 Å². The van der Waals surface area contributed by atoms with E-state index in [1.165, 1.54) is 19.3 Å². The first-order chi connectivity index (χ1) is 19.9. The number of hydrogen-bond acceptors (Lipinski definition) is 8. The van der Waals surface area contributed by atoms with Gasteiger partial charge in [-0.3, -0.25) is 14.6 Å². The summed E-state index contributed by atoms with van der Waals surface area (Å²) in [5, 5.41) is 3.37. The summed E-state index contributed by atoms with van der Waals surface area (Å²) >= 11 is 6.20. The van der Waals surface area contributed by atoms with E-state index in [9.17, 15) is 9.59 Å². The van der Waals surface area contributed by atoms with E-state index in [0.717, 1.165) is 69.1 Å². The molecule has 2 aliphatic heterocycles. The molecular formula is C31H43ClN6O3. The number of nitrogens with zero attached hydrogens (tertiary/aromatic N) is 5. The van der Waals surface area contributed by atoms with Gasteiger partial charge in [-0.1, -0.05) is 30.5 Å². The molecule has 2 aromatic rings.